The number of carboxylic acids is 2. The highest BCUT2D eigenvalue weighted by Crippen LogP contribution is 2.44. The topological polar surface area (TPSA) is 153 Å². The van der Waals surface area contributed by atoms with Gasteiger partial charge in [-0.3, -0.25) is 14.9 Å². The maximum Gasteiger partial charge on any atom is 0.317 e. The monoisotopic (exact) mass is 419 g/mol. The first kappa shape index (κ1) is 22.3. The number of aliphatic hydroxyl groups excluding tert-OH is 1. The number of hydrogen-bond acceptors (Lipinski definition) is 9. The van der Waals surface area contributed by atoms with Crippen LogP contribution in [0.15, 0.2) is 0 Å². The Balaban J connectivity index is 1.60. The summed E-state index contributed by atoms with van der Waals surface area (Å²) in [6.45, 7) is 7.23. The van der Waals surface area contributed by atoms with E-state index in [-0.39, 0.29) is 19.4 Å². The average molecular weight is 419 g/mol. The fraction of sp³-hybridized carbons (Fsp3) is 0.889. The van der Waals surface area contributed by atoms with Gasteiger partial charge in [-0.05, 0) is 47.1 Å². The molecule has 3 aliphatic rings. The van der Waals surface area contributed by atoms with Crippen molar-refractivity contribution in [3.8, 4) is 0 Å². The van der Waals surface area contributed by atoms with Crippen molar-refractivity contribution in [1.29, 1.82) is 0 Å². The molecule has 3 saturated heterocycles. The Morgan fingerprint density at radius 3 is 2.10 bits per heavy atom. The molecule has 29 heavy (non-hydrogen) atoms. The van der Waals surface area contributed by atoms with E-state index in [0.29, 0.717) is 0 Å². The van der Waals surface area contributed by atoms with Crippen molar-refractivity contribution in [3.63, 3.8) is 0 Å². The van der Waals surface area contributed by atoms with Gasteiger partial charge in [0.1, 0.15) is 30.6 Å². The molecule has 11 heteroatoms. The first-order chi connectivity index (χ1) is 13.4. The SMILES string of the molecule is CC1(C)O[C@H]2[C@@H](O1)[C@@H](C(O)NCCCC(C(=O)O)C(=O)O)O[C@@H]1OC(C)(C)O[C@@H]12. The van der Waals surface area contributed by atoms with Gasteiger partial charge in [0.05, 0.1) is 0 Å². The number of rotatable bonds is 8. The van der Waals surface area contributed by atoms with E-state index >= 15 is 0 Å². The molecule has 0 saturated carbocycles. The summed E-state index contributed by atoms with van der Waals surface area (Å²) in [6, 6.07) is 0. The molecule has 3 heterocycles. The minimum atomic E-state index is -1.48. The molecule has 3 rings (SSSR count). The predicted octanol–water partition coefficient (Wildman–Crippen LogP) is -0.143. The van der Waals surface area contributed by atoms with E-state index < -0.39 is 66.4 Å². The second kappa shape index (κ2) is 8.06. The van der Waals surface area contributed by atoms with Crippen LogP contribution in [0.5, 0.6) is 0 Å². The number of fused-ring (bicyclic) bond motifs is 3. The summed E-state index contributed by atoms with van der Waals surface area (Å²) in [5, 5.41) is 31.3. The highest BCUT2D eigenvalue weighted by atomic mass is 16.9. The molecule has 0 aromatic heterocycles. The fourth-order valence-electron chi connectivity index (χ4n) is 3.92. The summed E-state index contributed by atoms with van der Waals surface area (Å²) in [7, 11) is 0. The maximum atomic E-state index is 10.9. The predicted molar refractivity (Wildman–Crippen MR) is 94.5 cm³/mol. The average Bonchev–Trinajstić information content (AvgIpc) is 3.06. The van der Waals surface area contributed by atoms with Gasteiger partial charge in [0.25, 0.3) is 0 Å². The molecule has 0 radical (unpaired) electrons. The van der Waals surface area contributed by atoms with Crippen molar-refractivity contribution in [2.45, 2.75) is 89.0 Å². The van der Waals surface area contributed by atoms with E-state index in [2.05, 4.69) is 5.32 Å². The quantitative estimate of drug-likeness (QED) is 0.236. The highest BCUT2D eigenvalue weighted by Gasteiger charge is 2.61. The van der Waals surface area contributed by atoms with Gasteiger partial charge in [-0.1, -0.05) is 0 Å². The van der Waals surface area contributed by atoms with E-state index in [4.69, 9.17) is 33.9 Å². The Labute approximate surface area is 168 Å². The van der Waals surface area contributed by atoms with Crippen LogP contribution < -0.4 is 5.32 Å². The Bertz CT molecular complexity index is 624. The van der Waals surface area contributed by atoms with Crippen LogP contribution in [0.4, 0.5) is 0 Å². The third-order valence-electron chi connectivity index (χ3n) is 5.12. The summed E-state index contributed by atoms with van der Waals surface area (Å²) in [6.07, 6.45) is -4.18. The molecule has 4 N–H and O–H groups in total. The number of carboxylic acid groups (broad SMARTS) is 2. The molecular formula is C18H29NO10. The van der Waals surface area contributed by atoms with Gasteiger partial charge >= 0.3 is 11.9 Å². The molecule has 1 unspecified atom stereocenters. The van der Waals surface area contributed by atoms with Crippen LogP contribution >= 0.6 is 0 Å². The van der Waals surface area contributed by atoms with Crippen LogP contribution in [0.25, 0.3) is 0 Å². The zero-order valence-electron chi connectivity index (χ0n) is 16.9. The lowest BCUT2D eigenvalue weighted by Gasteiger charge is -2.39. The molecule has 0 aliphatic carbocycles. The third kappa shape index (κ3) is 4.88. The van der Waals surface area contributed by atoms with E-state index in [1.165, 1.54) is 0 Å². The number of aliphatic hydroxyl groups is 1. The number of nitrogens with one attached hydrogen (secondary N) is 1. The number of hydrogen-bond donors (Lipinski definition) is 4. The van der Waals surface area contributed by atoms with Crippen LogP contribution in [0, 0.1) is 5.92 Å². The maximum absolute atomic E-state index is 10.9. The largest absolute Gasteiger partial charge is 0.481 e. The van der Waals surface area contributed by atoms with Gasteiger partial charge in [-0.2, -0.15) is 0 Å². The fourth-order valence-corrected chi connectivity index (χ4v) is 3.92. The van der Waals surface area contributed by atoms with E-state index in [1.54, 1.807) is 27.7 Å². The second-order valence-electron chi connectivity index (χ2n) is 8.40. The smallest absolute Gasteiger partial charge is 0.317 e. The molecule has 0 spiro atoms. The minimum absolute atomic E-state index is 0.0650. The van der Waals surface area contributed by atoms with Gasteiger partial charge in [-0.25, -0.2) is 0 Å². The van der Waals surface area contributed by atoms with E-state index in [9.17, 15) is 14.7 Å². The van der Waals surface area contributed by atoms with Crippen LogP contribution in [0.3, 0.4) is 0 Å². The van der Waals surface area contributed by atoms with E-state index in [1.807, 2.05) is 0 Å². The van der Waals surface area contributed by atoms with Crippen molar-refractivity contribution < 1.29 is 48.6 Å². The first-order valence-electron chi connectivity index (χ1n) is 9.64. The van der Waals surface area contributed by atoms with Crippen LogP contribution in [0.1, 0.15) is 40.5 Å². The van der Waals surface area contributed by atoms with Crippen molar-refractivity contribution in [2.75, 3.05) is 6.54 Å². The molecule has 3 aliphatic heterocycles. The molecule has 0 aromatic carbocycles. The summed E-state index contributed by atoms with van der Waals surface area (Å²) in [4.78, 5) is 21.9. The standard InChI is InChI=1S/C18H29NO10/c1-17(2)26-9-10(27-17)12-16(29-18(3,4)28-12)25-11(9)13(20)19-7-5-6-8(14(21)22)15(23)24/h8-13,16,19-20H,5-7H2,1-4H3,(H,21,22)(H,23,24)/t9-,10+,11+,12-,13?,16-/m1/s1. The zero-order chi connectivity index (χ0) is 21.6. The summed E-state index contributed by atoms with van der Waals surface area (Å²) in [5.74, 6) is -6.02. The lowest BCUT2D eigenvalue weighted by Crippen LogP contribution is -2.61. The highest BCUT2D eigenvalue weighted by molar-refractivity contribution is 5.92. The van der Waals surface area contributed by atoms with Gasteiger partial charge in [0.15, 0.2) is 23.8 Å². The number of ether oxygens (including phenoxy) is 5. The summed E-state index contributed by atoms with van der Waals surface area (Å²) in [5.41, 5.74) is 0. The van der Waals surface area contributed by atoms with Crippen LogP contribution in [0.2, 0.25) is 0 Å². The number of carbonyl (C=O) groups is 2. The van der Waals surface area contributed by atoms with Crippen LogP contribution in [-0.4, -0.2) is 82.3 Å². The summed E-state index contributed by atoms with van der Waals surface area (Å²) >= 11 is 0. The first-order valence-corrected chi connectivity index (χ1v) is 9.64. The molecule has 0 amide bonds. The Kier molecular flexibility index (Phi) is 6.21. The van der Waals surface area contributed by atoms with Gasteiger partial charge in [0, 0.05) is 0 Å². The number of aliphatic carboxylic acids is 2. The lowest BCUT2D eigenvalue weighted by molar-refractivity contribution is -0.255. The van der Waals surface area contributed by atoms with Gasteiger partial charge in [-0.15, -0.1) is 0 Å². The molecule has 166 valence electrons. The molecule has 3 fully saturated rings. The van der Waals surface area contributed by atoms with Gasteiger partial charge in [0.2, 0.25) is 0 Å². The molecular weight excluding hydrogens is 390 g/mol. The molecule has 0 aromatic rings. The summed E-state index contributed by atoms with van der Waals surface area (Å²) < 4.78 is 29.5. The minimum Gasteiger partial charge on any atom is -0.481 e. The van der Waals surface area contributed by atoms with Crippen molar-refractivity contribution >= 4 is 11.9 Å². The van der Waals surface area contributed by atoms with Gasteiger partial charge < -0.3 is 39.0 Å². The Morgan fingerprint density at radius 2 is 1.48 bits per heavy atom. The zero-order valence-corrected chi connectivity index (χ0v) is 16.9. The molecule has 11 nitrogen and oxygen atoms in total. The van der Waals surface area contributed by atoms with Crippen molar-refractivity contribution in [2.24, 2.45) is 5.92 Å². The molecule has 6 atom stereocenters. The second-order valence-corrected chi connectivity index (χ2v) is 8.40. The molecule has 0 bridgehead atoms. The van der Waals surface area contributed by atoms with Crippen molar-refractivity contribution in [1.82, 2.24) is 5.32 Å². The van der Waals surface area contributed by atoms with Crippen molar-refractivity contribution in [3.05, 3.63) is 0 Å². The third-order valence-corrected chi connectivity index (χ3v) is 5.12. The lowest BCUT2D eigenvalue weighted by atomic mass is 9.97. The van der Waals surface area contributed by atoms with E-state index in [0.717, 1.165) is 0 Å². The Morgan fingerprint density at radius 1 is 0.931 bits per heavy atom. The normalized spacial score (nSPS) is 35.9. The van der Waals surface area contributed by atoms with Crippen LogP contribution in [-0.2, 0) is 33.3 Å². The Hall–Kier alpha value is -1.34.